The average molecular weight is 488 g/mol. The highest BCUT2D eigenvalue weighted by Crippen LogP contribution is 2.27. The summed E-state index contributed by atoms with van der Waals surface area (Å²) in [4.78, 5) is 3.57. The molecule has 4 rings (SSSR count). The third-order valence-electron chi connectivity index (χ3n) is 6.27. The van der Waals surface area contributed by atoms with Crippen molar-refractivity contribution >= 4 is 20.9 Å². The van der Waals surface area contributed by atoms with Crippen LogP contribution in [0.3, 0.4) is 0 Å². The van der Waals surface area contributed by atoms with E-state index in [-0.39, 0.29) is 6.61 Å². The molecule has 0 bridgehead atoms. The minimum Gasteiger partial charge on any atom is -0.497 e. The minimum atomic E-state index is -3.49. The molecule has 8 nitrogen and oxygen atoms in total. The number of sulfonamides is 1. The molecule has 1 aliphatic heterocycles. The lowest BCUT2D eigenvalue weighted by Crippen LogP contribution is -2.42. The minimum absolute atomic E-state index is 0.203. The van der Waals surface area contributed by atoms with Gasteiger partial charge in [-0.15, -0.1) is 0 Å². The fourth-order valence-corrected chi connectivity index (χ4v) is 5.81. The van der Waals surface area contributed by atoms with E-state index in [9.17, 15) is 13.5 Å². The molecule has 9 heteroatoms. The number of fused-ring (bicyclic) bond motifs is 1. The number of hydrogen-bond acceptors (Lipinski definition) is 6. The Labute approximate surface area is 200 Å². The summed E-state index contributed by atoms with van der Waals surface area (Å²) in [7, 11) is -1.94. The molecule has 0 spiro atoms. The number of H-pyrrole nitrogens is 1. The van der Waals surface area contributed by atoms with Crippen LogP contribution in [0, 0.1) is 12.8 Å². The van der Waals surface area contributed by atoms with Gasteiger partial charge in [0, 0.05) is 36.2 Å². The van der Waals surface area contributed by atoms with Crippen LogP contribution in [0.4, 0.5) is 0 Å². The molecular formula is C25H33N3O5S. The topological polar surface area (TPSA) is 104 Å². The van der Waals surface area contributed by atoms with E-state index in [1.807, 2.05) is 31.2 Å². The summed E-state index contributed by atoms with van der Waals surface area (Å²) in [6, 6.07) is 14.4. The van der Waals surface area contributed by atoms with Crippen molar-refractivity contribution in [3.05, 3.63) is 54.2 Å². The Morgan fingerprint density at radius 2 is 1.91 bits per heavy atom. The van der Waals surface area contributed by atoms with Gasteiger partial charge in [-0.3, -0.25) is 0 Å². The SMILES string of the molecule is COc1ccc(S(=O)(=O)N2CCC(CNCC(O)COc3cccc4[nH]c(C)cc34)CC2)cc1. The Bertz CT molecular complexity index is 1180. The first-order chi connectivity index (χ1) is 16.4. The van der Waals surface area contributed by atoms with Crippen LogP contribution in [-0.2, 0) is 10.0 Å². The highest BCUT2D eigenvalue weighted by Gasteiger charge is 2.29. The van der Waals surface area contributed by atoms with E-state index < -0.39 is 16.1 Å². The van der Waals surface area contributed by atoms with Crippen LogP contribution in [0.15, 0.2) is 53.4 Å². The normalized spacial score (nSPS) is 16.6. The predicted molar refractivity (Wildman–Crippen MR) is 132 cm³/mol. The number of ether oxygens (including phenoxy) is 2. The quantitative estimate of drug-likeness (QED) is 0.406. The number of aliphatic hydroxyl groups excluding tert-OH is 1. The van der Waals surface area contributed by atoms with Crippen molar-refractivity contribution < 1.29 is 23.0 Å². The van der Waals surface area contributed by atoms with Crippen LogP contribution in [0.2, 0.25) is 0 Å². The molecular weight excluding hydrogens is 454 g/mol. The van der Waals surface area contributed by atoms with Gasteiger partial charge in [-0.1, -0.05) is 6.07 Å². The molecule has 184 valence electrons. The first kappa shape index (κ1) is 24.5. The maximum Gasteiger partial charge on any atom is 0.243 e. The van der Waals surface area contributed by atoms with Gasteiger partial charge in [-0.05, 0) is 74.7 Å². The molecule has 0 aliphatic carbocycles. The summed E-state index contributed by atoms with van der Waals surface area (Å²) in [5.41, 5.74) is 2.08. The van der Waals surface area contributed by atoms with Crippen molar-refractivity contribution in [2.75, 3.05) is 39.9 Å². The molecule has 0 saturated carbocycles. The largest absolute Gasteiger partial charge is 0.497 e. The molecule has 1 aromatic heterocycles. The molecule has 34 heavy (non-hydrogen) atoms. The maximum atomic E-state index is 12.9. The van der Waals surface area contributed by atoms with Crippen LogP contribution in [0.1, 0.15) is 18.5 Å². The van der Waals surface area contributed by atoms with Gasteiger partial charge in [0.05, 0.1) is 12.0 Å². The second kappa shape index (κ2) is 10.8. The van der Waals surface area contributed by atoms with Crippen molar-refractivity contribution in [1.82, 2.24) is 14.6 Å². The number of nitrogens with zero attached hydrogens (tertiary/aromatic N) is 1. The first-order valence-electron chi connectivity index (χ1n) is 11.6. The van der Waals surface area contributed by atoms with E-state index in [0.717, 1.165) is 41.7 Å². The van der Waals surface area contributed by atoms with Crippen molar-refractivity contribution in [3.8, 4) is 11.5 Å². The lowest BCUT2D eigenvalue weighted by atomic mass is 9.98. The van der Waals surface area contributed by atoms with Gasteiger partial charge in [-0.25, -0.2) is 8.42 Å². The van der Waals surface area contributed by atoms with Crippen LogP contribution in [0.25, 0.3) is 10.9 Å². The Hall–Kier alpha value is -2.59. The number of piperidine rings is 1. The second-order valence-electron chi connectivity index (χ2n) is 8.82. The van der Waals surface area contributed by atoms with E-state index in [1.165, 1.54) is 0 Å². The Kier molecular flexibility index (Phi) is 7.77. The van der Waals surface area contributed by atoms with Crippen molar-refractivity contribution in [1.29, 1.82) is 0 Å². The standard InChI is InChI=1S/C25H33N3O5S/c1-18-14-23-24(27-18)4-3-5-25(23)33-17-20(29)16-26-15-19-10-12-28(13-11-19)34(30,31)22-8-6-21(32-2)7-9-22/h3-9,14,19-20,26-27,29H,10-13,15-17H2,1-2H3. The van der Waals surface area contributed by atoms with Crippen molar-refractivity contribution in [2.24, 2.45) is 5.92 Å². The monoisotopic (exact) mass is 487 g/mol. The number of nitrogens with one attached hydrogen (secondary N) is 2. The van der Waals surface area contributed by atoms with Crippen LogP contribution >= 0.6 is 0 Å². The maximum absolute atomic E-state index is 12.9. The van der Waals surface area contributed by atoms with Gasteiger partial charge >= 0.3 is 0 Å². The molecule has 3 N–H and O–H groups in total. The zero-order chi connectivity index (χ0) is 24.1. The van der Waals surface area contributed by atoms with Crippen molar-refractivity contribution in [3.63, 3.8) is 0 Å². The van der Waals surface area contributed by atoms with Crippen LogP contribution < -0.4 is 14.8 Å². The van der Waals surface area contributed by atoms with Crippen LogP contribution in [-0.4, -0.2) is 68.8 Å². The van der Waals surface area contributed by atoms with E-state index in [2.05, 4.69) is 10.3 Å². The van der Waals surface area contributed by atoms with Gasteiger partial charge in [-0.2, -0.15) is 4.31 Å². The van der Waals surface area contributed by atoms with E-state index in [0.29, 0.717) is 36.2 Å². The molecule has 1 fully saturated rings. The Balaban J connectivity index is 1.19. The molecule has 3 aromatic rings. The molecule has 1 atom stereocenters. The number of methoxy groups -OCH3 is 1. The summed E-state index contributed by atoms with van der Waals surface area (Å²) in [5, 5.41) is 14.7. The fourth-order valence-electron chi connectivity index (χ4n) is 4.34. The fraction of sp³-hybridized carbons (Fsp3) is 0.440. The van der Waals surface area contributed by atoms with Gasteiger partial charge in [0.25, 0.3) is 0 Å². The van der Waals surface area contributed by atoms with Gasteiger partial charge in [0.1, 0.15) is 24.2 Å². The zero-order valence-electron chi connectivity index (χ0n) is 19.7. The number of rotatable bonds is 10. The summed E-state index contributed by atoms with van der Waals surface area (Å²) in [5.74, 6) is 1.76. The number of aryl methyl sites for hydroxylation is 1. The van der Waals surface area contributed by atoms with Gasteiger partial charge in [0.2, 0.25) is 10.0 Å². The number of aromatic amines is 1. The van der Waals surface area contributed by atoms with E-state index >= 15 is 0 Å². The third kappa shape index (κ3) is 5.72. The number of aromatic nitrogens is 1. The van der Waals surface area contributed by atoms with E-state index in [4.69, 9.17) is 9.47 Å². The molecule has 1 saturated heterocycles. The van der Waals surface area contributed by atoms with Gasteiger partial charge in [0.15, 0.2) is 0 Å². The summed E-state index contributed by atoms with van der Waals surface area (Å²) in [6.07, 6.45) is 0.930. The molecule has 1 aliphatic rings. The van der Waals surface area contributed by atoms with Crippen molar-refractivity contribution in [2.45, 2.75) is 30.8 Å². The summed E-state index contributed by atoms with van der Waals surface area (Å²) < 4.78 is 38.3. The number of aliphatic hydroxyl groups is 1. The Morgan fingerprint density at radius 3 is 2.62 bits per heavy atom. The second-order valence-corrected chi connectivity index (χ2v) is 10.8. The summed E-state index contributed by atoms with van der Waals surface area (Å²) in [6.45, 7) is 4.35. The number of benzene rings is 2. The first-order valence-corrected chi connectivity index (χ1v) is 13.0. The molecule has 0 amide bonds. The smallest absolute Gasteiger partial charge is 0.243 e. The average Bonchev–Trinajstić information content (AvgIpc) is 3.24. The molecule has 0 radical (unpaired) electrons. The highest BCUT2D eigenvalue weighted by molar-refractivity contribution is 7.89. The number of hydrogen-bond donors (Lipinski definition) is 3. The van der Waals surface area contributed by atoms with E-state index in [1.54, 1.807) is 35.7 Å². The lowest BCUT2D eigenvalue weighted by molar-refractivity contribution is 0.105. The predicted octanol–water partition coefficient (Wildman–Crippen LogP) is 2.92. The van der Waals surface area contributed by atoms with Gasteiger partial charge < -0.3 is 24.9 Å². The molecule has 2 aromatic carbocycles. The molecule has 1 unspecified atom stereocenters. The summed E-state index contributed by atoms with van der Waals surface area (Å²) >= 11 is 0. The zero-order valence-corrected chi connectivity index (χ0v) is 20.5. The van der Waals surface area contributed by atoms with Crippen LogP contribution in [0.5, 0.6) is 11.5 Å². The third-order valence-corrected chi connectivity index (χ3v) is 8.19. The molecule has 2 heterocycles. The Morgan fingerprint density at radius 1 is 1.18 bits per heavy atom. The lowest BCUT2D eigenvalue weighted by Gasteiger charge is -2.31. The highest BCUT2D eigenvalue weighted by atomic mass is 32.2.